The maximum absolute atomic E-state index is 11.0. The van der Waals surface area contributed by atoms with E-state index in [4.69, 9.17) is 4.74 Å². The van der Waals surface area contributed by atoms with Crippen LogP contribution in [0.3, 0.4) is 0 Å². The van der Waals surface area contributed by atoms with E-state index in [0.29, 0.717) is 19.0 Å². The van der Waals surface area contributed by atoms with Crippen molar-refractivity contribution in [1.29, 1.82) is 0 Å². The molecule has 0 saturated carbocycles. The van der Waals surface area contributed by atoms with Gasteiger partial charge in [0.2, 0.25) is 11.8 Å². The molecular formula is C14H19N5O2. The summed E-state index contributed by atoms with van der Waals surface area (Å²) < 4.78 is 7.00. The van der Waals surface area contributed by atoms with Gasteiger partial charge >= 0.3 is 0 Å². The molecule has 21 heavy (non-hydrogen) atoms. The Bertz CT molecular complexity index is 594. The number of amides is 1. The highest BCUT2D eigenvalue weighted by Gasteiger charge is 2.08. The van der Waals surface area contributed by atoms with Crippen molar-refractivity contribution in [2.75, 3.05) is 6.61 Å². The molecule has 2 heterocycles. The molecule has 1 N–H and O–H groups in total. The molecule has 0 saturated heterocycles. The third-order valence-corrected chi connectivity index (χ3v) is 2.77. The smallest absolute Gasteiger partial charge is 0.217 e. The predicted octanol–water partition coefficient (Wildman–Crippen LogP) is 1.26. The van der Waals surface area contributed by atoms with Crippen LogP contribution in [0.2, 0.25) is 0 Å². The van der Waals surface area contributed by atoms with Crippen LogP contribution >= 0.6 is 0 Å². The van der Waals surface area contributed by atoms with Crippen molar-refractivity contribution in [1.82, 2.24) is 25.3 Å². The van der Waals surface area contributed by atoms with Gasteiger partial charge in [-0.05, 0) is 19.9 Å². The second kappa shape index (κ2) is 6.83. The highest BCUT2D eigenvalue weighted by Crippen LogP contribution is 2.17. The summed E-state index contributed by atoms with van der Waals surface area (Å²) >= 11 is 0. The van der Waals surface area contributed by atoms with Gasteiger partial charge in [-0.3, -0.25) is 4.79 Å². The molecule has 0 aliphatic heterocycles. The van der Waals surface area contributed by atoms with Gasteiger partial charge < -0.3 is 10.1 Å². The zero-order chi connectivity index (χ0) is 15.2. The second-order valence-electron chi connectivity index (χ2n) is 4.75. The van der Waals surface area contributed by atoms with Crippen LogP contribution in [0.1, 0.15) is 20.8 Å². The summed E-state index contributed by atoms with van der Waals surface area (Å²) in [5.74, 6) is 0.534. The van der Waals surface area contributed by atoms with Crippen LogP contribution in [0.25, 0.3) is 11.3 Å². The average Bonchev–Trinajstić information content (AvgIpc) is 2.87. The first-order valence-corrected chi connectivity index (χ1v) is 6.85. The van der Waals surface area contributed by atoms with Crippen LogP contribution in [0, 0.1) is 0 Å². The molecule has 2 rings (SSSR count). The van der Waals surface area contributed by atoms with Gasteiger partial charge in [0.05, 0.1) is 19.3 Å². The number of nitrogens with zero attached hydrogens (tertiary/aromatic N) is 4. The third kappa shape index (κ3) is 4.27. The molecule has 0 fully saturated rings. The van der Waals surface area contributed by atoms with E-state index in [1.165, 1.54) is 6.92 Å². The zero-order valence-electron chi connectivity index (χ0n) is 12.4. The first-order valence-electron chi connectivity index (χ1n) is 6.85. The SMILES string of the molecule is CCOc1ccc(-c2cn(C[C@@H](C)NC(C)=O)nn2)cn1. The van der Waals surface area contributed by atoms with Crippen LogP contribution in [0.15, 0.2) is 24.5 Å². The molecule has 7 heteroatoms. The molecule has 0 aromatic carbocycles. The van der Waals surface area contributed by atoms with Gasteiger partial charge in [-0.15, -0.1) is 5.10 Å². The number of rotatable bonds is 6. The van der Waals surface area contributed by atoms with E-state index in [1.54, 1.807) is 16.9 Å². The lowest BCUT2D eigenvalue weighted by molar-refractivity contribution is -0.119. The summed E-state index contributed by atoms with van der Waals surface area (Å²) in [6.45, 7) is 6.48. The summed E-state index contributed by atoms with van der Waals surface area (Å²) in [4.78, 5) is 15.2. The summed E-state index contributed by atoms with van der Waals surface area (Å²) in [6, 6.07) is 3.69. The van der Waals surface area contributed by atoms with E-state index >= 15 is 0 Å². The van der Waals surface area contributed by atoms with Crippen LogP contribution < -0.4 is 10.1 Å². The Morgan fingerprint density at radius 1 is 1.48 bits per heavy atom. The van der Waals surface area contributed by atoms with Crippen LogP contribution in [0.4, 0.5) is 0 Å². The van der Waals surface area contributed by atoms with Gasteiger partial charge in [0.25, 0.3) is 0 Å². The molecule has 0 unspecified atom stereocenters. The highest BCUT2D eigenvalue weighted by atomic mass is 16.5. The number of carbonyl (C=O) groups excluding carboxylic acids is 1. The van der Waals surface area contributed by atoms with E-state index in [1.807, 2.05) is 26.1 Å². The van der Waals surface area contributed by atoms with Gasteiger partial charge in [0.1, 0.15) is 5.69 Å². The van der Waals surface area contributed by atoms with Gasteiger partial charge in [0.15, 0.2) is 0 Å². The molecule has 112 valence electrons. The van der Waals surface area contributed by atoms with Crippen molar-refractivity contribution in [3.63, 3.8) is 0 Å². The van der Waals surface area contributed by atoms with Crippen LogP contribution in [-0.4, -0.2) is 38.5 Å². The van der Waals surface area contributed by atoms with Crippen LogP contribution in [-0.2, 0) is 11.3 Å². The minimum absolute atomic E-state index is 0.00416. The Balaban J connectivity index is 2.03. The Morgan fingerprint density at radius 3 is 2.90 bits per heavy atom. The van der Waals surface area contributed by atoms with Gasteiger partial charge in [-0.2, -0.15) is 0 Å². The van der Waals surface area contributed by atoms with Gasteiger partial charge in [0, 0.05) is 30.8 Å². The van der Waals surface area contributed by atoms with Crippen molar-refractivity contribution in [3.05, 3.63) is 24.5 Å². The normalized spacial score (nSPS) is 12.0. The van der Waals surface area contributed by atoms with E-state index in [2.05, 4.69) is 20.6 Å². The quantitative estimate of drug-likeness (QED) is 0.866. The van der Waals surface area contributed by atoms with E-state index < -0.39 is 0 Å². The lowest BCUT2D eigenvalue weighted by atomic mass is 10.2. The molecule has 0 bridgehead atoms. The number of ether oxygens (including phenoxy) is 1. The molecule has 1 amide bonds. The number of carbonyl (C=O) groups is 1. The Labute approximate surface area is 123 Å². The summed E-state index contributed by atoms with van der Waals surface area (Å²) in [5, 5.41) is 11.0. The largest absolute Gasteiger partial charge is 0.478 e. The first-order chi connectivity index (χ1) is 10.1. The standard InChI is InChI=1S/C14H19N5O2/c1-4-21-14-6-5-12(7-15-14)13-9-19(18-17-13)8-10(2)16-11(3)20/h5-7,9-10H,4,8H2,1-3H3,(H,16,20)/t10-/m1/s1. The molecule has 2 aromatic heterocycles. The number of pyridine rings is 1. The minimum Gasteiger partial charge on any atom is -0.478 e. The Kier molecular flexibility index (Phi) is 4.86. The molecule has 7 nitrogen and oxygen atoms in total. The molecular weight excluding hydrogens is 270 g/mol. The predicted molar refractivity (Wildman–Crippen MR) is 77.7 cm³/mol. The fraction of sp³-hybridized carbons (Fsp3) is 0.429. The molecule has 0 aliphatic rings. The molecule has 1 atom stereocenters. The average molecular weight is 289 g/mol. The Hall–Kier alpha value is -2.44. The first kappa shape index (κ1) is 15.0. The molecule has 0 radical (unpaired) electrons. The topological polar surface area (TPSA) is 81.9 Å². The number of hydrogen-bond acceptors (Lipinski definition) is 5. The van der Waals surface area contributed by atoms with E-state index in [9.17, 15) is 4.79 Å². The molecule has 0 aliphatic carbocycles. The van der Waals surface area contributed by atoms with E-state index in [-0.39, 0.29) is 11.9 Å². The number of hydrogen-bond donors (Lipinski definition) is 1. The summed E-state index contributed by atoms with van der Waals surface area (Å²) in [7, 11) is 0. The van der Waals surface area contributed by atoms with Gasteiger partial charge in [-0.1, -0.05) is 5.21 Å². The zero-order valence-corrected chi connectivity index (χ0v) is 12.4. The Morgan fingerprint density at radius 2 is 2.29 bits per heavy atom. The fourth-order valence-corrected chi connectivity index (χ4v) is 1.96. The van der Waals surface area contributed by atoms with Crippen molar-refractivity contribution in [2.45, 2.75) is 33.4 Å². The summed E-state index contributed by atoms with van der Waals surface area (Å²) in [6.07, 6.45) is 3.53. The van der Waals surface area contributed by atoms with Crippen molar-refractivity contribution in [2.24, 2.45) is 0 Å². The monoisotopic (exact) mass is 289 g/mol. The lowest BCUT2D eigenvalue weighted by Gasteiger charge is -2.11. The highest BCUT2D eigenvalue weighted by molar-refractivity contribution is 5.73. The lowest BCUT2D eigenvalue weighted by Crippen LogP contribution is -2.34. The maximum atomic E-state index is 11.0. The van der Waals surface area contributed by atoms with Crippen molar-refractivity contribution in [3.8, 4) is 17.1 Å². The molecule has 2 aromatic rings. The number of aromatic nitrogens is 4. The summed E-state index contributed by atoms with van der Waals surface area (Å²) in [5.41, 5.74) is 1.61. The second-order valence-corrected chi connectivity index (χ2v) is 4.75. The van der Waals surface area contributed by atoms with Crippen LogP contribution in [0.5, 0.6) is 5.88 Å². The third-order valence-electron chi connectivity index (χ3n) is 2.77. The van der Waals surface area contributed by atoms with Crippen molar-refractivity contribution < 1.29 is 9.53 Å². The number of nitrogens with one attached hydrogen (secondary N) is 1. The van der Waals surface area contributed by atoms with Crippen molar-refractivity contribution >= 4 is 5.91 Å². The minimum atomic E-state index is -0.0569. The molecule has 0 spiro atoms. The van der Waals surface area contributed by atoms with Gasteiger partial charge in [-0.25, -0.2) is 9.67 Å². The van der Waals surface area contributed by atoms with E-state index in [0.717, 1.165) is 11.3 Å². The fourth-order valence-electron chi connectivity index (χ4n) is 1.96. The maximum Gasteiger partial charge on any atom is 0.217 e.